The molecule has 1 fully saturated rings. The van der Waals surface area contributed by atoms with Gasteiger partial charge in [-0.25, -0.2) is 0 Å². The number of esters is 1. The first kappa shape index (κ1) is 22.8. The fraction of sp³-hybridized carbons (Fsp3) is 0.810. The first-order valence-electron chi connectivity index (χ1n) is 10.1. The van der Waals surface area contributed by atoms with E-state index in [0.29, 0.717) is 25.2 Å². The van der Waals surface area contributed by atoms with Gasteiger partial charge in [0.05, 0.1) is 7.11 Å². The number of ketones is 1. The Morgan fingerprint density at radius 3 is 2.62 bits per heavy atom. The molecule has 0 bridgehead atoms. The van der Waals surface area contributed by atoms with Gasteiger partial charge >= 0.3 is 11.9 Å². The molecule has 0 aliphatic heterocycles. The molecule has 1 rings (SSSR count). The molecule has 0 saturated heterocycles. The van der Waals surface area contributed by atoms with Crippen molar-refractivity contribution in [1.82, 2.24) is 0 Å². The largest absolute Gasteiger partial charge is 0.469 e. The van der Waals surface area contributed by atoms with E-state index >= 15 is 0 Å². The molecule has 1 saturated carbocycles. The summed E-state index contributed by atoms with van der Waals surface area (Å²) in [6.07, 6.45) is 11.0. The van der Waals surface area contributed by atoms with E-state index in [4.69, 9.17) is 0 Å². The summed E-state index contributed by atoms with van der Waals surface area (Å²) in [5.74, 6) is -3.84. The standard InChI is InChI=1S/C21H34F2O3/c1-3-4-16-21(22,23)19(24)15-14-18-12-9-11-17(18)10-7-5-6-8-13-20(25)26-2/h14,17H,3-13,15-16H2,1-2H3/b18-14-/t17-/m0/s1. The molecular formula is C21H34F2O3. The molecule has 0 heterocycles. The lowest BCUT2D eigenvalue weighted by Crippen LogP contribution is -2.28. The van der Waals surface area contributed by atoms with E-state index in [0.717, 1.165) is 51.4 Å². The summed E-state index contributed by atoms with van der Waals surface area (Å²) < 4.78 is 32.2. The van der Waals surface area contributed by atoms with E-state index in [2.05, 4.69) is 4.74 Å². The Hall–Kier alpha value is -1.26. The summed E-state index contributed by atoms with van der Waals surface area (Å²) in [6, 6.07) is 0. The molecular weight excluding hydrogens is 338 g/mol. The summed E-state index contributed by atoms with van der Waals surface area (Å²) in [5, 5.41) is 0. The van der Waals surface area contributed by atoms with Crippen LogP contribution in [0.2, 0.25) is 0 Å². The molecule has 26 heavy (non-hydrogen) atoms. The average molecular weight is 372 g/mol. The molecule has 0 aromatic heterocycles. The second kappa shape index (κ2) is 12.2. The highest BCUT2D eigenvalue weighted by Crippen LogP contribution is 2.35. The fourth-order valence-corrected chi connectivity index (χ4v) is 3.57. The van der Waals surface area contributed by atoms with Gasteiger partial charge in [0.2, 0.25) is 5.78 Å². The van der Waals surface area contributed by atoms with Crippen LogP contribution in [0.5, 0.6) is 0 Å². The number of Topliss-reactive ketones (excluding diaryl/α,β-unsaturated/α-hetero) is 1. The first-order valence-corrected chi connectivity index (χ1v) is 10.1. The van der Waals surface area contributed by atoms with Crippen molar-refractivity contribution in [3.63, 3.8) is 0 Å². The van der Waals surface area contributed by atoms with Crippen molar-refractivity contribution in [3.05, 3.63) is 11.6 Å². The molecule has 150 valence electrons. The molecule has 0 N–H and O–H groups in total. The molecule has 0 spiro atoms. The van der Waals surface area contributed by atoms with Crippen molar-refractivity contribution >= 4 is 11.8 Å². The number of rotatable bonds is 13. The SMILES string of the molecule is CCCCC(F)(F)C(=O)C/C=C1/CCC[C@@H]1CCCCCCC(=O)OC. The van der Waals surface area contributed by atoms with Crippen LogP contribution in [-0.4, -0.2) is 24.8 Å². The van der Waals surface area contributed by atoms with Crippen LogP contribution in [0.15, 0.2) is 11.6 Å². The van der Waals surface area contributed by atoms with Crippen molar-refractivity contribution in [2.75, 3.05) is 7.11 Å². The van der Waals surface area contributed by atoms with Crippen LogP contribution in [0.1, 0.15) is 90.4 Å². The smallest absolute Gasteiger partial charge is 0.305 e. The summed E-state index contributed by atoms with van der Waals surface area (Å²) in [4.78, 5) is 22.9. The molecule has 5 heteroatoms. The highest BCUT2D eigenvalue weighted by molar-refractivity contribution is 5.86. The van der Waals surface area contributed by atoms with E-state index < -0.39 is 11.7 Å². The normalized spacial score (nSPS) is 19.1. The minimum atomic E-state index is -3.18. The minimum Gasteiger partial charge on any atom is -0.469 e. The van der Waals surface area contributed by atoms with Gasteiger partial charge in [0.1, 0.15) is 0 Å². The predicted octanol–water partition coefficient (Wildman–Crippen LogP) is 6.01. The number of hydrogen-bond acceptors (Lipinski definition) is 3. The van der Waals surface area contributed by atoms with Gasteiger partial charge < -0.3 is 4.74 Å². The van der Waals surface area contributed by atoms with Gasteiger partial charge in [-0.2, -0.15) is 8.78 Å². The Labute approximate surface area is 156 Å². The fourth-order valence-electron chi connectivity index (χ4n) is 3.57. The van der Waals surface area contributed by atoms with E-state index in [-0.39, 0.29) is 18.8 Å². The zero-order valence-corrected chi connectivity index (χ0v) is 16.3. The van der Waals surface area contributed by atoms with Gasteiger partial charge in [-0.3, -0.25) is 9.59 Å². The molecule has 3 nitrogen and oxygen atoms in total. The Bertz CT molecular complexity index is 472. The number of ether oxygens (including phenoxy) is 1. The zero-order chi connectivity index (χ0) is 19.4. The number of methoxy groups -OCH3 is 1. The van der Waals surface area contributed by atoms with E-state index in [1.165, 1.54) is 12.7 Å². The van der Waals surface area contributed by atoms with Gasteiger partial charge in [-0.1, -0.05) is 44.3 Å². The van der Waals surface area contributed by atoms with Crippen LogP contribution in [0.4, 0.5) is 8.78 Å². The van der Waals surface area contributed by atoms with Crippen molar-refractivity contribution in [1.29, 1.82) is 0 Å². The maximum atomic E-state index is 13.8. The van der Waals surface area contributed by atoms with Gasteiger partial charge in [-0.05, 0) is 44.4 Å². The third-order valence-electron chi connectivity index (χ3n) is 5.26. The molecule has 0 radical (unpaired) electrons. The van der Waals surface area contributed by atoms with E-state index in [1.54, 1.807) is 6.08 Å². The number of hydrogen-bond donors (Lipinski definition) is 0. The number of carbonyl (C=O) groups excluding carboxylic acids is 2. The van der Waals surface area contributed by atoms with E-state index in [1.807, 2.05) is 6.92 Å². The summed E-state index contributed by atoms with van der Waals surface area (Å²) in [5.41, 5.74) is 1.19. The van der Waals surface area contributed by atoms with Gasteiger partial charge in [-0.15, -0.1) is 0 Å². The lowest BCUT2D eigenvalue weighted by Gasteiger charge is -2.15. The average Bonchev–Trinajstić information content (AvgIpc) is 3.07. The van der Waals surface area contributed by atoms with Gasteiger partial charge in [0, 0.05) is 19.3 Å². The Morgan fingerprint density at radius 1 is 1.19 bits per heavy atom. The number of unbranched alkanes of at least 4 members (excludes halogenated alkanes) is 4. The van der Waals surface area contributed by atoms with Crippen LogP contribution in [0.25, 0.3) is 0 Å². The molecule has 1 aliphatic rings. The Morgan fingerprint density at radius 2 is 1.92 bits per heavy atom. The zero-order valence-electron chi connectivity index (χ0n) is 16.3. The molecule has 0 amide bonds. The highest BCUT2D eigenvalue weighted by atomic mass is 19.3. The topological polar surface area (TPSA) is 43.4 Å². The van der Waals surface area contributed by atoms with Crippen LogP contribution in [0, 0.1) is 5.92 Å². The molecule has 0 aromatic carbocycles. The third-order valence-corrected chi connectivity index (χ3v) is 5.26. The van der Waals surface area contributed by atoms with Crippen molar-refractivity contribution in [2.45, 2.75) is 96.3 Å². The van der Waals surface area contributed by atoms with Gasteiger partial charge in [0.25, 0.3) is 0 Å². The molecule has 0 aromatic rings. The molecule has 1 atom stereocenters. The minimum absolute atomic E-state index is 0.137. The van der Waals surface area contributed by atoms with Crippen molar-refractivity contribution in [3.8, 4) is 0 Å². The lowest BCUT2D eigenvalue weighted by atomic mass is 9.93. The van der Waals surface area contributed by atoms with Crippen LogP contribution in [0.3, 0.4) is 0 Å². The lowest BCUT2D eigenvalue weighted by molar-refractivity contribution is -0.143. The summed E-state index contributed by atoms with van der Waals surface area (Å²) in [7, 11) is 1.40. The number of halogens is 2. The number of carbonyl (C=O) groups is 2. The maximum Gasteiger partial charge on any atom is 0.305 e. The van der Waals surface area contributed by atoms with Crippen molar-refractivity contribution in [2.24, 2.45) is 5.92 Å². The Kier molecular flexibility index (Phi) is 10.7. The Balaban J connectivity index is 2.32. The second-order valence-corrected chi connectivity index (χ2v) is 7.33. The highest BCUT2D eigenvalue weighted by Gasteiger charge is 2.36. The predicted molar refractivity (Wildman–Crippen MR) is 99.2 cm³/mol. The number of alkyl halides is 2. The summed E-state index contributed by atoms with van der Waals surface area (Å²) in [6.45, 7) is 1.85. The summed E-state index contributed by atoms with van der Waals surface area (Å²) >= 11 is 0. The third kappa shape index (κ3) is 8.41. The number of allylic oxidation sites excluding steroid dienone is 2. The monoisotopic (exact) mass is 372 g/mol. The molecule has 0 unspecified atom stereocenters. The quantitative estimate of drug-likeness (QED) is 0.226. The van der Waals surface area contributed by atoms with Crippen LogP contribution in [-0.2, 0) is 14.3 Å². The van der Waals surface area contributed by atoms with Crippen LogP contribution >= 0.6 is 0 Å². The molecule has 1 aliphatic carbocycles. The van der Waals surface area contributed by atoms with Gasteiger partial charge in [0.15, 0.2) is 0 Å². The first-order chi connectivity index (χ1) is 12.4. The van der Waals surface area contributed by atoms with E-state index in [9.17, 15) is 18.4 Å². The van der Waals surface area contributed by atoms with Crippen molar-refractivity contribution < 1.29 is 23.1 Å². The van der Waals surface area contributed by atoms with Crippen LogP contribution < -0.4 is 0 Å². The second-order valence-electron chi connectivity index (χ2n) is 7.33. The maximum absolute atomic E-state index is 13.8.